The van der Waals surface area contributed by atoms with Crippen molar-refractivity contribution in [3.63, 3.8) is 0 Å². The predicted octanol–water partition coefficient (Wildman–Crippen LogP) is 2.90. The van der Waals surface area contributed by atoms with Crippen LogP contribution in [0.15, 0.2) is 24.3 Å². The molecule has 0 aliphatic rings. The average molecular weight is 307 g/mol. The molecule has 1 N–H and O–H groups in total. The van der Waals surface area contributed by atoms with Gasteiger partial charge in [0.1, 0.15) is 12.3 Å². The van der Waals surface area contributed by atoms with Gasteiger partial charge >= 0.3 is 5.97 Å². The Morgan fingerprint density at radius 1 is 1.23 bits per heavy atom. The van der Waals surface area contributed by atoms with E-state index in [0.29, 0.717) is 13.0 Å². The molecule has 1 aromatic rings. The van der Waals surface area contributed by atoms with E-state index in [1.54, 1.807) is 7.11 Å². The monoisotopic (exact) mass is 307 g/mol. The Bertz CT molecular complexity index is 484. The third kappa shape index (κ3) is 5.39. The van der Waals surface area contributed by atoms with Crippen LogP contribution in [-0.4, -0.2) is 42.1 Å². The Morgan fingerprint density at radius 3 is 2.32 bits per heavy atom. The van der Waals surface area contributed by atoms with Crippen molar-refractivity contribution < 1.29 is 19.4 Å². The minimum absolute atomic E-state index is 0.0894. The third-order valence-electron chi connectivity index (χ3n) is 3.67. The molecular formula is C17H25NO4. The van der Waals surface area contributed by atoms with Crippen LogP contribution in [0.4, 0.5) is 0 Å². The van der Waals surface area contributed by atoms with Crippen molar-refractivity contribution in [3.8, 4) is 5.75 Å². The van der Waals surface area contributed by atoms with Gasteiger partial charge in [-0.3, -0.25) is 9.59 Å². The van der Waals surface area contributed by atoms with Gasteiger partial charge in [0.05, 0.1) is 7.11 Å². The van der Waals surface area contributed by atoms with Gasteiger partial charge in [-0.25, -0.2) is 0 Å². The summed E-state index contributed by atoms with van der Waals surface area (Å²) >= 11 is 0. The van der Waals surface area contributed by atoms with Crippen molar-refractivity contribution in [1.29, 1.82) is 0 Å². The molecule has 5 nitrogen and oxygen atoms in total. The summed E-state index contributed by atoms with van der Waals surface area (Å²) in [5.41, 5.74) is 1.07. The van der Waals surface area contributed by atoms with Gasteiger partial charge in [-0.2, -0.15) is 0 Å². The number of carboxylic acid groups (broad SMARTS) is 1. The Balaban J connectivity index is 2.77. The van der Waals surface area contributed by atoms with Gasteiger partial charge in [-0.05, 0) is 36.5 Å². The first kappa shape index (κ1) is 18.0. The van der Waals surface area contributed by atoms with Crippen LogP contribution in [-0.2, 0) is 9.59 Å². The lowest BCUT2D eigenvalue weighted by Gasteiger charge is -2.23. The average Bonchev–Trinajstić information content (AvgIpc) is 2.51. The fourth-order valence-electron chi connectivity index (χ4n) is 2.44. The van der Waals surface area contributed by atoms with E-state index >= 15 is 0 Å². The highest BCUT2D eigenvalue weighted by Gasteiger charge is 2.20. The van der Waals surface area contributed by atoms with Crippen molar-refractivity contribution in [3.05, 3.63) is 29.8 Å². The summed E-state index contributed by atoms with van der Waals surface area (Å²) in [7, 11) is 1.62. The van der Waals surface area contributed by atoms with E-state index in [1.165, 1.54) is 4.90 Å². The molecule has 0 saturated heterocycles. The van der Waals surface area contributed by atoms with E-state index in [0.717, 1.165) is 24.2 Å². The number of carboxylic acids is 1. The minimum atomic E-state index is -0.973. The molecule has 1 unspecified atom stereocenters. The zero-order chi connectivity index (χ0) is 16.5. The smallest absolute Gasteiger partial charge is 0.323 e. The second-order valence-electron chi connectivity index (χ2n) is 5.29. The van der Waals surface area contributed by atoms with E-state index < -0.39 is 5.97 Å². The zero-order valence-corrected chi connectivity index (χ0v) is 13.5. The van der Waals surface area contributed by atoms with Crippen LogP contribution in [0, 0.1) is 0 Å². The van der Waals surface area contributed by atoms with Crippen LogP contribution in [0.25, 0.3) is 0 Å². The highest BCUT2D eigenvalue weighted by Crippen LogP contribution is 2.26. The second kappa shape index (κ2) is 9.07. The van der Waals surface area contributed by atoms with Crippen molar-refractivity contribution in [2.45, 2.75) is 39.0 Å². The molecule has 0 heterocycles. The number of nitrogens with zero attached hydrogens (tertiary/aromatic N) is 1. The number of carbonyl (C=O) groups excluding carboxylic acids is 1. The predicted molar refractivity (Wildman–Crippen MR) is 85.1 cm³/mol. The maximum atomic E-state index is 12.4. The first-order valence-electron chi connectivity index (χ1n) is 7.65. The van der Waals surface area contributed by atoms with E-state index in [1.807, 2.05) is 38.1 Å². The third-order valence-corrected chi connectivity index (χ3v) is 3.67. The van der Waals surface area contributed by atoms with Crippen LogP contribution in [0.5, 0.6) is 5.75 Å². The van der Waals surface area contributed by atoms with Gasteiger partial charge in [0.2, 0.25) is 5.91 Å². The van der Waals surface area contributed by atoms with Crippen LogP contribution < -0.4 is 4.74 Å². The molecule has 0 bridgehead atoms. The topological polar surface area (TPSA) is 66.8 Å². The molecule has 1 amide bonds. The quantitative estimate of drug-likeness (QED) is 0.761. The Morgan fingerprint density at radius 2 is 1.86 bits per heavy atom. The zero-order valence-electron chi connectivity index (χ0n) is 13.5. The summed E-state index contributed by atoms with van der Waals surface area (Å²) in [5, 5.41) is 8.92. The summed E-state index contributed by atoms with van der Waals surface area (Å²) in [6.45, 7) is 4.21. The molecule has 5 heteroatoms. The van der Waals surface area contributed by atoms with Crippen molar-refractivity contribution in [2.24, 2.45) is 0 Å². The van der Waals surface area contributed by atoms with Gasteiger partial charge in [0.25, 0.3) is 0 Å². The van der Waals surface area contributed by atoms with Gasteiger partial charge in [0, 0.05) is 13.0 Å². The minimum Gasteiger partial charge on any atom is -0.497 e. The van der Waals surface area contributed by atoms with E-state index in [-0.39, 0.29) is 18.4 Å². The number of methoxy groups -OCH3 is 1. The molecule has 122 valence electrons. The number of amides is 1. The standard InChI is InChI=1S/C17H25NO4/c1-4-10-18(12-17(20)21)16(19)11-13(5-2)14-6-8-15(22-3)9-7-14/h6-9,13H,4-5,10-12H2,1-3H3,(H,20,21). The highest BCUT2D eigenvalue weighted by atomic mass is 16.5. The highest BCUT2D eigenvalue weighted by molar-refractivity contribution is 5.81. The lowest BCUT2D eigenvalue weighted by atomic mass is 9.92. The molecule has 1 rings (SSSR count). The molecule has 0 fully saturated rings. The van der Waals surface area contributed by atoms with Crippen LogP contribution in [0.2, 0.25) is 0 Å². The number of hydrogen-bond acceptors (Lipinski definition) is 3. The lowest BCUT2D eigenvalue weighted by Crippen LogP contribution is -2.36. The number of ether oxygens (including phenoxy) is 1. The second-order valence-corrected chi connectivity index (χ2v) is 5.29. The Labute approximate surface area is 131 Å². The molecule has 0 aliphatic heterocycles. The van der Waals surface area contributed by atoms with Gasteiger partial charge in [-0.15, -0.1) is 0 Å². The van der Waals surface area contributed by atoms with Gasteiger partial charge in [-0.1, -0.05) is 26.0 Å². The van der Waals surface area contributed by atoms with Gasteiger partial charge in [0.15, 0.2) is 0 Å². The van der Waals surface area contributed by atoms with Crippen LogP contribution in [0.1, 0.15) is 44.6 Å². The summed E-state index contributed by atoms with van der Waals surface area (Å²) in [5.74, 6) is -0.207. The number of hydrogen-bond donors (Lipinski definition) is 1. The van der Waals surface area contributed by atoms with Crippen LogP contribution >= 0.6 is 0 Å². The molecule has 0 aromatic heterocycles. The molecule has 22 heavy (non-hydrogen) atoms. The summed E-state index contributed by atoms with van der Waals surface area (Å²) in [6, 6.07) is 7.68. The first-order chi connectivity index (χ1) is 10.5. The molecule has 0 aliphatic carbocycles. The lowest BCUT2D eigenvalue weighted by molar-refractivity contribution is -0.144. The summed E-state index contributed by atoms with van der Waals surface area (Å²) in [6.07, 6.45) is 1.90. The number of aliphatic carboxylic acids is 1. The van der Waals surface area contributed by atoms with E-state index in [2.05, 4.69) is 0 Å². The molecule has 1 atom stereocenters. The molecular weight excluding hydrogens is 282 g/mol. The molecule has 0 spiro atoms. The normalized spacial score (nSPS) is 11.8. The van der Waals surface area contributed by atoms with E-state index in [4.69, 9.17) is 9.84 Å². The van der Waals surface area contributed by atoms with Crippen LogP contribution in [0.3, 0.4) is 0 Å². The summed E-state index contributed by atoms with van der Waals surface area (Å²) < 4.78 is 5.14. The van der Waals surface area contributed by atoms with Crippen molar-refractivity contribution >= 4 is 11.9 Å². The number of rotatable bonds is 9. The Kier molecular flexibility index (Phi) is 7.43. The maximum Gasteiger partial charge on any atom is 0.323 e. The van der Waals surface area contributed by atoms with Gasteiger partial charge < -0.3 is 14.7 Å². The van der Waals surface area contributed by atoms with E-state index in [9.17, 15) is 9.59 Å². The summed E-state index contributed by atoms with van der Waals surface area (Å²) in [4.78, 5) is 24.7. The first-order valence-corrected chi connectivity index (χ1v) is 7.65. The number of benzene rings is 1. The van der Waals surface area contributed by atoms with Crippen molar-refractivity contribution in [2.75, 3.05) is 20.2 Å². The largest absolute Gasteiger partial charge is 0.497 e. The molecule has 1 aromatic carbocycles. The fraction of sp³-hybridized carbons (Fsp3) is 0.529. The Hall–Kier alpha value is -2.04. The van der Waals surface area contributed by atoms with Crippen molar-refractivity contribution in [1.82, 2.24) is 4.90 Å². The SMILES string of the molecule is CCCN(CC(=O)O)C(=O)CC(CC)c1ccc(OC)cc1. The fourth-order valence-corrected chi connectivity index (χ4v) is 2.44. The maximum absolute atomic E-state index is 12.4. The number of carbonyl (C=O) groups is 2. The molecule has 0 radical (unpaired) electrons. The molecule has 0 saturated carbocycles.